The van der Waals surface area contributed by atoms with E-state index in [1.54, 1.807) is 22.7 Å². The molecule has 0 unspecified atom stereocenters. The van der Waals surface area contributed by atoms with Crippen LogP contribution in [0.4, 0.5) is 0 Å². The Hall–Kier alpha value is -2.48. The van der Waals surface area contributed by atoms with E-state index >= 15 is 0 Å². The molecule has 0 fully saturated rings. The molecule has 0 spiro atoms. The zero-order valence-corrected chi connectivity index (χ0v) is 18.4. The molecule has 4 aromatic heterocycles. The topological polar surface area (TPSA) is 47.6 Å². The molecule has 0 bridgehead atoms. The van der Waals surface area contributed by atoms with E-state index in [4.69, 9.17) is 10.5 Å². The van der Waals surface area contributed by atoms with Crippen molar-refractivity contribution in [2.75, 3.05) is 0 Å². The Bertz CT molecular complexity index is 1180. The minimum Gasteiger partial charge on any atom is -0.193 e. The lowest BCUT2D eigenvalue weighted by molar-refractivity contribution is 1.46. The third-order valence-corrected chi connectivity index (χ3v) is 8.77. The van der Waals surface area contributed by atoms with Crippen molar-refractivity contribution < 1.29 is 0 Å². The van der Waals surface area contributed by atoms with Crippen LogP contribution >= 0.6 is 45.3 Å². The fourth-order valence-corrected chi connectivity index (χ4v) is 7.27. The summed E-state index contributed by atoms with van der Waals surface area (Å²) in [6, 6.07) is 17.3. The van der Waals surface area contributed by atoms with Crippen LogP contribution in [-0.4, -0.2) is 0 Å². The maximum absolute atomic E-state index is 8.94. The van der Waals surface area contributed by atoms with E-state index in [-0.39, 0.29) is 0 Å². The Morgan fingerprint density at radius 1 is 0.679 bits per heavy atom. The number of nitrogens with zero attached hydrogens (tertiary/aromatic N) is 2. The number of nitriles is 2. The van der Waals surface area contributed by atoms with E-state index in [2.05, 4.69) is 48.5 Å². The number of allylic oxidation sites excluding steroid dienone is 2. The molecule has 2 nitrogen and oxygen atoms in total. The lowest BCUT2D eigenvalue weighted by atomic mass is 10.3. The third kappa shape index (κ3) is 3.87. The van der Waals surface area contributed by atoms with Crippen molar-refractivity contribution in [2.24, 2.45) is 0 Å². The molecule has 0 saturated carbocycles. The summed E-state index contributed by atoms with van der Waals surface area (Å²) in [4.78, 5) is 7.24. The van der Waals surface area contributed by atoms with Crippen LogP contribution in [-0.2, 0) is 0 Å². The third-order valence-electron chi connectivity index (χ3n) is 4.02. The molecule has 4 heterocycles. The molecule has 0 N–H and O–H groups in total. The van der Waals surface area contributed by atoms with Gasteiger partial charge in [0.05, 0.1) is 12.1 Å². The molecular weight excluding hydrogens is 421 g/mol. The number of fused-ring (bicyclic) bond motifs is 1. The predicted octanol–water partition coefficient (Wildman–Crippen LogP) is 8.27. The molecular formula is C22H14N2S4. The average molecular weight is 435 g/mol. The zero-order valence-electron chi connectivity index (χ0n) is 15.1. The van der Waals surface area contributed by atoms with Crippen LogP contribution in [0, 0.1) is 22.7 Å². The fraction of sp³-hybridized carbons (Fsp3) is 0.0909. The normalized spacial score (nSPS) is 12.3. The quantitative estimate of drug-likeness (QED) is 0.303. The number of rotatable bonds is 4. The van der Waals surface area contributed by atoms with Gasteiger partial charge >= 0.3 is 0 Å². The first kappa shape index (κ1) is 18.9. The first-order valence-electron chi connectivity index (χ1n) is 8.46. The van der Waals surface area contributed by atoms with Gasteiger partial charge in [0.1, 0.15) is 0 Å². The van der Waals surface area contributed by atoms with Gasteiger partial charge in [0, 0.05) is 49.8 Å². The Morgan fingerprint density at radius 2 is 1.11 bits per heavy atom. The Kier molecular flexibility index (Phi) is 5.30. The highest BCUT2D eigenvalue weighted by Crippen LogP contribution is 2.44. The minimum absolute atomic E-state index is 0.723. The minimum atomic E-state index is 0.723. The van der Waals surface area contributed by atoms with Crippen molar-refractivity contribution in [3.8, 4) is 31.6 Å². The van der Waals surface area contributed by atoms with Crippen molar-refractivity contribution in [1.29, 1.82) is 10.5 Å². The van der Waals surface area contributed by atoms with Crippen LogP contribution in [0.1, 0.15) is 23.6 Å². The molecule has 0 aliphatic rings. The fourth-order valence-electron chi connectivity index (χ4n) is 2.70. The summed E-state index contributed by atoms with van der Waals surface area (Å²) in [6.45, 7) is 3.66. The Labute approximate surface area is 179 Å². The summed E-state index contributed by atoms with van der Waals surface area (Å²) >= 11 is 7.05. The largest absolute Gasteiger partial charge is 0.193 e. The maximum atomic E-state index is 8.94. The van der Waals surface area contributed by atoms with Gasteiger partial charge in [-0.25, -0.2) is 0 Å². The highest BCUT2D eigenvalue weighted by Gasteiger charge is 2.12. The summed E-state index contributed by atoms with van der Waals surface area (Å²) in [5.41, 5.74) is 1.45. The predicted molar refractivity (Wildman–Crippen MR) is 125 cm³/mol. The monoisotopic (exact) mass is 434 g/mol. The molecule has 0 atom stereocenters. The van der Waals surface area contributed by atoms with Gasteiger partial charge in [-0.05, 0) is 62.4 Å². The molecule has 28 heavy (non-hydrogen) atoms. The van der Waals surface area contributed by atoms with Gasteiger partial charge in [-0.2, -0.15) is 10.5 Å². The molecule has 0 aromatic carbocycles. The standard InChI is InChI=1S/C22H14N2S4/c1-13(11-23)7-15-3-5-17(25-15)19-9-21-22(27-19)10-20(28-21)18-6-4-16(26-18)8-14(2)12-24/h3-10H,1-2H3/b13-7-,14-8-. The Morgan fingerprint density at radius 3 is 1.50 bits per heavy atom. The molecule has 0 saturated heterocycles. The van der Waals surface area contributed by atoms with E-state index in [1.807, 2.05) is 48.7 Å². The van der Waals surface area contributed by atoms with Crippen LogP contribution in [0.3, 0.4) is 0 Å². The summed E-state index contributed by atoms with van der Waals surface area (Å²) < 4.78 is 2.60. The molecule has 0 amide bonds. The first-order chi connectivity index (χ1) is 13.6. The van der Waals surface area contributed by atoms with Gasteiger partial charge in [0.25, 0.3) is 0 Å². The molecule has 4 aromatic rings. The number of hydrogen-bond acceptors (Lipinski definition) is 6. The van der Waals surface area contributed by atoms with Crippen LogP contribution in [0.25, 0.3) is 41.1 Å². The summed E-state index contributed by atoms with van der Waals surface area (Å²) in [7, 11) is 0. The van der Waals surface area contributed by atoms with E-state index in [0.29, 0.717) is 0 Å². The maximum Gasteiger partial charge on any atom is 0.0944 e. The number of thiophene rings is 4. The molecule has 0 radical (unpaired) electrons. The van der Waals surface area contributed by atoms with Gasteiger partial charge in [0.2, 0.25) is 0 Å². The van der Waals surface area contributed by atoms with Crippen molar-refractivity contribution in [3.63, 3.8) is 0 Å². The molecule has 4 rings (SSSR count). The van der Waals surface area contributed by atoms with Crippen molar-refractivity contribution in [1.82, 2.24) is 0 Å². The van der Waals surface area contributed by atoms with Crippen LogP contribution in [0.15, 0.2) is 47.5 Å². The molecule has 0 aliphatic heterocycles. The first-order valence-corrected chi connectivity index (χ1v) is 11.7. The molecule has 6 heteroatoms. The second kappa shape index (κ2) is 7.87. The summed E-state index contributed by atoms with van der Waals surface area (Å²) in [5.74, 6) is 0. The zero-order chi connectivity index (χ0) is 19.7. The van der Waals surface area contributed by atoms with Gasteiger partial charge in [-0.1, -0.05) is 0 Å². The van der Waals surface area contributed by atoms with Crippen molar-refractivity contribution in [3.05, 3.63) is 57.3 Å². The Balaban J connectivity index is 1.61. The van der Waals surface area contributed by atoms with Crippen LogP contribution in [0.2, 0.25) is 0 Å². The van der Waals surface area contributed by atoms with E-state index in [0.717, 1.165) is 20.9 Å². The van der Waals surface area contributed by atoms with E-state index in [1.165, 1.54) is 28.9 Å². The van der Waals surface area contributed by atoms with Crippen LogP contribution < -0.4 is 0 Å². The van der Waals surface area contributed by atoms with Gasteiger partial charge in [-0.3, -0.25) is 0 Å². The van der Waals surface area contributed by atoms with Gasteiger partial charge in [-0.15, -0.1) is 45.3 Å². The van der Waals surface area contributed by atoms with E-state index < -0.39 is 0 Å². The van der Waals surface area contributed by atoms with Crippen molar-refractivity contribution in [2.45, 2.75) is 13.8 Å². The lowest BCUT2D eigenvalue weighted by Crippen LogP contribution is -1.65. The van der Waals surface area contributed by atoms with Crippen LogP contribution in [0.5, 0.6) is 0 Å². The molecule has 136 valence electrons. The van der Waals surface area contributed by atoms with Crippen molar-refractivity contribution >= 4 is 66.9 Å². The average Bonchev–Trinajstić information content (AvgIpc) is 3.43. The lowest BCUT2D eigenvalue weighted by Gasteiger charge is -1.91. The second-order valence-electron chi connectivity index (χ2n) is 6.23. The smallest absolute Gasteiger partial charge is 0.0944 e. The highest BCUT2D eigenvalue weighted by atomic mass is 32.1. The summed E-state index contributed by atoms with van der Waals surface area (Å²) in [6.07, 6.45) is 3.86. The highest BCUT2D eigenvalue weighted by molar-refractivity contribution is 7.33. The van der Waals surface area contributed by atoms with Gasteiger partial charge in [0.15, 0.2) is 0 Å². The molecule has 0 aliphatic carbocycles. The SMILES string of the molecule is C/C(C#N)=C/c1ccc(-c2cc3sc(-c4ccc(/C=C(/C)C#N)s4)cc3s2)s1. The van der Waals surface area contributed by atoms with E-state index in [9.17, 15) is 0 Å². The second-order valence-corrected chi connectivity index (χ2v) is 10.6. The number of hydrogen-bond donors (Lipinski definition) is 0. The van der Waals surface area contributed by atoms with Gasteiger partial charge < -0.3 is 0 Å². The summed E-state index contributed by atoms with van der Waals surface area (Å²) in [5, 5.41) is 17.9.